The summed E-state index contributed by atoms with van der Waals surface area (Å²) in [4.78, 5) is 16.4. The predicted octanol–water partition coefficient (Wildman–Crippen LogP) is 3.63. The van der Waals surface area contributed by atoms with E-state index < -0.39 is 0 Å². The van der Waals surface area contributed by atoms with Crippen molar-refractivity contribution in [2.24, 2.45) is 0 Å². The van der Waals surface area contributed by atoms with Crippen LogP contribution in [0.2, 0.25) is 0 Å². The molecule has 0 aliphatic rings. The quantitative estimate of drug-likeness (QED) is 0.716. The Balaban J connectivity index is 1.89. The van der Waals surface area contributed by atoms with Gasteiger partial charge in [0, 0.05) is 12.6 Å². The molecule has 2 aromatic carbocycles. The van der Waals surface area contributed by atoms with E-state index >= 15 is 0 Å². The molecule has 0 spiro atoms. The zero-order valence-corrected chi connectivity index (χ0v) is 14.8. The smallest absolute Gasteiger partial charge is 0.276 e. The molecule has 5 heteroatoms. The van der Waals surface area contributed by atoms with Gasteiger partial charge in [0.15, 0.2) is 5.69 Å². The number of hydrogen-bond donors (Lipinski definition) is 0. The lowest BCUT2D eigenvalue weighted by Crippen LogP contribution is -2.37. The number of carbonyl (C=O) groups excluding carboxylic acids is 1. The third-order valence-electron chi connectivity index (χ3n) is 4.05. The largest absolute Gasteiger partial charge is 0.330 e. The average molecular weight is 334 g/mol. The van der Waals surface area contributed by atoms with Gasteiger partial charge in [-0.05, 0) is 38.5 Å². The lowest BCUT2D eigenvalue weighted by molar-refractivity contribution is 0.0683. The second-order valence-corrected chi connectivity index (χ2v) is 6.27. The monoisotopic (exact) mass is 334 g/mol. The molecule has 1 heterocycles. The molecule has 25 heavy (non-hydrogen) atoms. The van der Waals surface area contributed by atoms with Gasteiger partial charge >= 0.3 is 0 Å². The van der Waals surface area contributed by atoms with Crippen LogP contribution in [0.5, 0.6) is 0 Å². The van der Waals surface area contributed by atoms with Crippen molar-refractivity contribution in [3.63, 3.8) is 0 Å². The second kappa shape index (κ2) is 7.30. The summed E-state index contributed by atoms with van der Waals surface area (Å²) in [6.07, 6.45) is 0. The van der Waals surface area contributed by atoms with Gasteiger partial charge in [-0.15, -0.1) is 5.10 Å². The van der Waals surface area contributed by atoms with Crippen LogP contribution in [-0.2, 0) is 6.54 Å². The number of nitrogens with zero attached hydrogens (tertiary/aromatic N) is 4. The molecule has 128 valence electrons. The average Bonchev–Trinajstić information content (AvgIpc) is 3.02. The molecule has 0 N–H and O–H groups in total. The van der Waals surface area contributed by atoms with Crippen molar-refractivity contribution in [1.82, 2.24) is 19.9 Å². The van der Waals surface area contributed by atoms with Crippen molar-refractivity contribution in [2.45, 2.75) is 33.4 Å². The summed E-state index contributed by atoms with van der Waals surface area (Å²) in [6.45, 7) is 6.39. The molecule has 0 saturated heterocycles. The van der Waals surface area contributed by atoms with Crippen molar-refractivity contribution in [3.05, 3.63) is 77.6 Å². The van der Waals surface area contributed by atoms with Gasteiger partial charge in [-0.3, -0.25) is 4.79 Å². The van der Waals surface area contributed by atoms with Crippen molar-refractivity contribution in [1.29, 1.82) is 0 Å². The number of aryl methyl sites for hydroxylation is 1. The zero-order chi connectivity index (χ0) is 17.8. The Kier molecular flexibility index (Phi) is 4.93. The van der Waals surface area contributed by atoms with E-state index in [9.17, 15) is 4.79 Å². The van der Waals surface area contributed by atoms with E-state index in [1.54, 1.807) is 0 Å². The molecular weight excluding hydrogens is 312 g/mol. The fourth-order valence-electron chi connectivity index (χ4n) is 2.66. The first-order valence-corrected chi connectivity index (χ1v) is 8.40. The Morgan fingerprint density at radius 3 is 2.20 bits per heavy atom. The van der Waals surface area contributed by atoms with Crippen molar-refractivity contribution >= 4 is 5.91 Å². The molecule has 0 unspecified atom stereocenters. The van der Waals surface area contributed by atoms with Crippen LogP contribution < -0.4 is 0 Å². The van der Waals surface area contributed by atoms with Gasteiger partial charge in [0.1, 0.15) is 0 Å². The maximum absolute atomic E-state index is 13.1. The highest BCUT2D eigenvalue weighted by Crippen LogP contribution is 2.15. The van der Waals surface area contributed by atoms with Crippen LogP contribution >= 0.6 is 0 Å². The Morgan fingerprint density at radius 2 is 1.60 bits per heavy atom. The fourth-order valence-corrected chi connectivity index (χ4v) is 2.66. The van der Waals surface area contributed by atoms with Gasteiger partial charge in [0.05, 0.1) is 11.4 Å². The summed E-state index contributed by atoms with van der Waals surface area (Å²) in [7, 11) is 0. The number of hydrogen-bond acceptors (Lipinski definition) is 3. The van der Waals surface area contributed by atoms with Crippen LogP contribution in [0.25, 0.3) is 5.69 Å². The van der Waals surface area contributed by atoms with E-state index in [-0.39, 0.29) is 11.9 Å². The highest BCUT2D eigenvalue weighted by atomic mass is 16.2. The molecule has 0 saturated carbocycles. The summed E-state index contributed by atoms with van der Waals surface area (Å²) in [5, 5.41) is 8.85. The van der Waals surface area contributed by atoms with Crippen LogP contribution in [0.15, 0.2) is 60.7 Å². The molecule has 3 aromatic rings. The highest BCUT2D eigenvalue weighted by molar-refractivity contribution is 5.93. The van der Waals surface area contributed by atoms with Gasteiger partial charge in [-0.2, -0.15) is 9.90 Å². The molecule has 0 radical (unpaired) electrons. The Bertz CT molecular complexity index is 841. The molecule has 0 aliphatic carbocycles. The Hall–Kier alpha value is -2.95. The van der Waals surface area contributed by atoms with E-state index in [0.717, 1.165) is 11.3 Å². The van der Waals surface area contributed by atoms with E-state index in [1.807, 2.05) is 86.3 Å². The van der Waals surface area contributed by atoms with Crippen LogP contribution in [0.1, 0.15) is 35.6 Å². The first kappa shape index (κ1) is 16.9. The zero-order valence-electron chi connectivity index (χ0n) is 14.8. The number of amides is 1. The number of rotatable bonds is 5. The molecular formula is C20H22N4O. The van der Waals surface area contributed by atoms with Crippen molar-refractivity contribution < 1.29 is 4.79 Å². The van der Waals surface area contributed by atoms with Crippen molar-refractivity contribution in [2.75, 3.05) is 0 Å². The SMILES string of the molecule is Cc1nn(-c2ccccc2)nc1C(=O)N(Cc1ccccc1)C(C)C. The van der Waals surface area contributed by atoms with E-state index in [4.69, 9.17) is 0 Å². The summed E-state index contributed by atoms with van der Waals surface area (Å²) in [6, 6.07) is 19.7. The summed E-state index contributed by atoms with van der Waals surface area (Å²) >= 11 is 0. The highest BCUT2D eigenvalue weighted by Gasteiger charge is 2.24. The van der Waals surface area contributed by atoms with Gasteiger partial charge in [-0.1, -0.05) is 48.5 Å². The normalized spacial score (nSPS) is 10.9. The third kappa shape index (κ3) is 3.76. The first-order chi connectivity index (χ1) is 12.1. The number of benzene rings is 2. The second-order valence-electron chi connectivity index (χ2n) is 6.27. The van der Waals surface area contributed by atoms with Gasteiger partial charge < -0.3 is 4.90 Å². The molecule has 0 bridgehead atoms. The maximum atomic E-state index is 13.1. The molecule has 1 amide bonds. The van der Waals surface area contributed by atoms with Crippen molar-refractivity contribution in [3.8, 4) is 5.69 Å². The molecule has 3 rings (SSSR count). The third-order valence-corrected chi connectivity index (χ3v) is 4.05. The molecule has 5 nitrogen and oxygen atoms in total. The van der Waals surface area contributed by atoms with Crippen LogP contribution in [-0.4, -0.2) is 31.8 Å². The molecule has 0 atom stereocenters. The molecule has 0 aliphatic heterocycles. The summed E-state index contributed by atoms with van der Waals surface area (Å²) < 4.78 is 0. The predicted molar refractivity (Wildman–Crippen MR) is 97.5 cm³/mol. The summed E-state index contributed by atoms with van der Waals surface area (Å²) in [5.74, 6) is -0.0986. The first-order valence-electron chi connectivity index (χ1n) is 8.40. The Labute approximate surface area is 147 Å². The van der Waals surface area contributed by atoms with Crippen LogP contribution in [0.4, 0.5) is 0 Å². The van der Waals surface area contributed by atoms with Crippen LogP contribution in [0, 0.1) is 6.92 Å². The van der Waals surface area contributed by atoms with Gasteiger partial charge in [0.2, 0.25) is 0 Å². The van der Waals surface area contributed by atoms with E-state index in [2.05, 4.69) is 10.2 Å². The van der Waals surface area contributed by atoms with Gasteiger partial charge in [-0.25, -0.2) is 0 Å². The molecule has 1 aromatic heterocycles. The van der Waals surface area contributed by atoms with E-state index in [1.165, 1.54) is 4.80 Å². The minimum atomic E-state index is -0.0986. The maximum Gasteiger partial charge on any atom is 0.276 e. The van der Waals surface area contributed by atoms with Crippen LogP contribution in [0.3, 0.4) is 0 Å². The van der Waals surface area contributed by atoms with E-state index in [0.29, 0.717) is 17.9 Å². The number of aromatic nitrogens is 3. The summed E-state index contributed by atoms with van der Waals surface area (Å²) in [5.41, 5.74) is 2.96. The number of carbonyl (C=O) groups is 1. The Morgan fingerprint density at radius 1 is 1.00 bits per heavy atom. The lowest BCUT2D eigenvalue weighted by atomic mass is 10.1. The molecule has 0 fully saturated rings. The number of para-hydroxylation sites is 1. The minimum Gasteiger partial charge on any atom is -0.330 e. The standard InChI is InChI=1S/C20H22N4O/c1-15(2)23(14-17-10-6-4-7-11-17)20(25)19-16(3)21-24(22-19)18-12-8-5-9-13-18/h4-13,15H,14H2,1-3H3. The van der Waals surface area contributed by atoms with Gasteiger partial charge in [0.25, 0.3) is 5.91 Å². The lowest BCUT2D eigenvalue weighted by Gasteiger charge is -2.26. The minimum absolute atomic E-state index is 0.0639. The fraction of sp³-hybridized carbons (Fsp3) is 0.250. The topological polar surface area (TPSA) is 51.0 Å².